The van der Waals surface area contributed by atoms with E-state index in [0.717, 1.165) is 11.4 Å². The van der Waals surface area contributed by atoms with Gasteiger partial charge in [0.2, 0.25) is 5.91 Å². The molecule has 0 aliphatic carbocycles. The number of amides is 1. The third-order valence-corrected chi connectivity index (χ3v) is 3.32. The maximum absolute atomic E-state index is 11.3. The number of carbonyl (C=O) groups excluding carboxylic acids is 1. The average molecular weight is 330 g/mol. The van der Waals surface area contributed by atoms with Gasteiger partial charge in [0.1, 0.15) is 0 Å². The Morgan fingerprint density at radius 1 is 1.17 bits per heavy atom. The molecule has 0 aromatic heterocycles. The van der Waals surface area contributed by atoms with Crippen LogP contribution in [-0.2, 0) is 4.79 Å². The summed E-state index contributed by atoms with van der Waals surface area (Å²) >= 11 is 0. The Kier molecular flexibility index (Phi) is 7.22. The Balaban J connectivity index is 0.000000243. The van der Waals surface area contributed by atoms with E-state index in [4.69, 9.17) is 5.73 Å². The highest BCUT2D eigenvalue weighted by Crippen LogP contribution is 2.15. The Morgan fingerprint density at radius 2 is 1.71 bits per heavy atom. The Labute approximate surface area is 141 Å². The molecule has 0 aliphatic heterocycles. The molecule has 7 heteroatoms. The van der Waals surface area contributed by atoms with E-state index >= 15 is 0 Å². The number of anilines is 3. The zero-order valence-electron chi connectivity index (χ0n) is 14.0. The van der Waals surface area contributed by atoms with Gasteiger partial charge in [-0.05, 0) is 36.4 Å². The van der Waals surface area contributed by atoms with Crippen LogP contribution in [0, 0.1) is 10.1 Å². The highest BCUT2D eigenvalue weighted by Gasteiger charge is 2.07. The molecule has 0 saturated carbocycles. The van der Waals surface area contributed by atoms with Gasteiger partial charge in [0.25, 0.3) is 5.69 Å². The first-order valence-electron chi connectivity index (χ1n) is 7.43. The van der Waals surface area contributed by atoms with E-state index < -0.39 is 4.92 Å². The molecular weight excluding hydrogens is 308 g/mol. The number of nitrogen functional groups attached to an aromatic ring is 1. The minimum atomic E-state index is -0.417. The van der Waals surface area contributed by atoms with Gasteiger partial charge < -0.3 is 16.0 Å². The summed E-state index contributed by atoms with van der Waals surface area (Å²) in [6, 6.07) is 13.5. The molecule has 128 valence electrons. The second-order valence-electron chi connectivity index (χ2n) is 4.95. The zero-order valence-corrected chi connectivity index (χ0v) is 14.0. The number of non-ortho nitro benzene ring substituents is 1. The lowest BCUT2D eigenvalue weighted by molar-refractivity contribution is -0.384. The summed E-state index contributed by atoms with van der Waals surface area (Å²) in [6.45, 7) is 1.84. The van der Waals surface area contributed by atoms with Crippen molar-refractivity contribution in [2.45, 2.75) is 13.3 Å². The van der Waals surface area contributed by atoms with Crippen LogP contribution in [0.2, 0.25) is 0 Å². The van der Waals surface area contributed by atoms with Crippen LogP contribution in [0.1, 0.15) is 13.3 Å². The van der Waals surface area contributed by atoms with Crippen LogP contribution in [0.3, 0.4) is 0 Å². The third kappa shape index (κ3) is 5.60. The van der Waals surface area contributed by atoms with Crippen molar-refractivity contribution in [1.82, 2.24) is 0 Å². The zero-order chi connectivity index (χ0) is 18.1. The average Bonchev–Trinajstić information content (AvgIpc) is 2.61. The minimum absolute atomic E-state index is 0.102. The summed E-state index contributed by atoms with van der Waals surface area (Å²) in [5.74, 6) is 0.102. The Bertz CT molecular complexity index is 669. The van der Waals surface area contributed by atoms with Gasteiger partial charge in [-0.2, -0.15) is 0 Å². The number of nitrogens with zero attached hydrogens (tertiary/aromatic N) is 2. The van der Waals surface area contributed by atoms with E-state index in [0.29, 0.717) is 12.1 Å². The van der Waals surface area contributed by atoms with Gasteiger partial charge in [-0.15, -0.1) is 0 Å². The quantitative estimate of drug-likeness (QED) is 0.509. The Morgan fingerprint density at radius 3 is 2.12 bits per heavy atom. The normalized spacial score (nSPS) is 9.46. The Hall–Kier alpha value is -3.09. The number of carbonyl (C=O) groups is 1. The first-order chi connectivity index (χ1) is 11.4. The van der Waals surface area contributed by atoms with Gasteiger partial charge in [0.15, 0.2) is 0 Å². The summed E-state index contributed by atoms with van der Waals surface area (Å²) in [6.07, 6.45) is 0.515. The highest BCUT2D eigenvalue weighted by molar-refractivity contribution is 5.92. The van der Waals surface area contributed by atoms with Crippen molar-refractivity contribution in [2.75, 3.05) is 30.0 Å². The smallest absolute Gasteiger partial charge is 0.269 e. The summed E-state index contributed by atoms with van der Waals surface area (Å²) in [7, 11) is 3.53. The minimum Gasteiger partial charge on any atom is -0.399 e. The molecule has 7 nitrogen and oxygen atoms in total. The summed E-state index contributed by atoms with van der Waals surface area (Å²) in [4.78, 5) is 22.7. The number of nitro groups is 1. The van der Waals surface area contributed by atoms with Gasteiger partial charge in [-0.25, -0.2) is 0 Å². The fourth-order valence-electron chi connectivity index (χ4n) is 1.83. The summed E-state index contributed by atoms with van der Waals surface area (Å²) < 4.78 is 0. The van der Waals surface area contributed by atoms with Gasteiger partial charge in [0, 0.05) is 49.7 Å². The van der Waals surface area contributed by atoms with Crippen molar-refractivity contribution in [3.63, 3.8) is 0 Å². The van der Waals surface area contributed by atoms with E-state index in [1.165, 1.54) is 12.1 Å². The van der Waals surface area contributed by atoms with Crippen LogP contribution in [0.25, 0.3) is 0 Å². The number of nitrogens with one attached hydrogen (secondary N) is 1. The van der Waals surface area contributed by atoms with Crippen LogP contribution in [0.4, 0.5) is 22.7 Å². The molecule has 0 fully saturated rings. The molecule has 1 amide bonds. The van der Waals surface area contributed by atoms with E-state index in [1.54, 1.807) is 43.3 Å². The standard InChI is InChI=1S/C10H14N2O.C7H8N2O2/c1-3-10(13)12(2)9-6-4-8(11)5-7-9;1-8-6-2-4-7(5-3-6)9(10)11/h4-7H,3,11H2,1-2H3;2-5,8H,1H3. The van der Waals surface area contributed by atoms with Gasteiger partial charge >= 0.3 is 0 Å². The SMILES string of the molecule is CCC(=O)N(C)c1ccc(N)cc1.CNc1ccc([N+](=O)[O-])cc1. The molecule has 2 rings (SSSR count). The monoisotopic (exact) mass is 330 g/mol. The topological polar surface area (TPSA) is 102 Å². The first-order valence-corrected chi connectivity index (χ1v) is 7.43. The van der Waals surface area contributed by atoms with Gasteiger partial charge in [-0.3, -0.25) is 14.9 Å². The molecular formula is C17H22N4O3. The lowest BCUT2D eigenvalue weighted by Crippen LogP contribution is -2.24. The van der Waals surface area contributed by atoms with Crippen molar-refractivity contribution in [1.29, 1.82) is 0 Å². The number of nitro benzene ring substituents is 1. The van der Waals surface area contributed by atoms with E-state index in [-0.39, 0.29) is 11.6 Å². The largest absolute Gasteiger partial charge is 0.399 e. The molecule has 24 heavy (non-hydrogen) atoms. The number of nitrogens with two attached hydrogens (primary N) is 1. The van der Waals surface area contributed by atoms with Crippen LogP contribution >= 0.6 is 0 Å². The number of rotatable bonds is 4. The van der Waals surface area contributed by atoms with Crippen molar-refractivity contribution < 1.29 is 9.72 Å². The molecule has 0 radical (unpaired) electrons. The maximum atomic E-state index is 11.3. The molecule has 0 heterocycles. The van der Waals surface area contributed by atoms with Crippen molar-refractivity contribution >= 4 is 28.7 Å². The molecule has 0 saturated heterocycles. The third-order valence-electron chi connectivity index (χ3n) is 3.32. The molecule has 0 unspecified atom stereocenters. The van der Waals surface area contributed by atoms with Gasteiger partial charge in [0.05, 0.1) is 4.92 Å². The second-order valence-corrected chi connectivity index (χ2v) is 4.95. The molecule has 0 atom stereocenters. The fourth-order valence-corrected chi connectivity index (χ4v) is 1.83. The van der Waals surface area contributed by atoms with E-state index in [9.17, 15) is 14.9 Å². The van der Waals surface area contributed by atoms with Gasteiger partial charge in [-0.1, -0.05) is 6.92 Å². The first kappa shape index (κ1) is 19.0. The maximum Gasteiger partial charge on any atom is 0.269 e. The molecule has 0 spiro atoms. The van der Waals surface area contributed by atoms with Crippen LogP contribution in [-0.4, -0.2) is 24.9 Å². The number of hydrogen-bond donors (Lipinski definition) is 2. The molecule has 0 aliphatic rings. The molecule has 2 aromatic carbocycles. The molecule has 2 aromatic rings. The number of hydrogen-bond acceptors (Lipinski definition) is 5. The van der Waals surface area contributed by atoms with Crippen LogP contribution in [0.5, 0.6) is 0 Å². The second kappa shape index (κ2) is 9.14. The predicted octanol–water partition coefficient (Wildman–Crippen LogP) is 3.28. The van der Waals surface area contributed by atoms with Crippen molar-refractivity contribution in [3.8, 4) is 0 Å². The lowest BCUT2D eigenvalue weighted by Gasteiger charge is -2.16. The lowest BCUT2D eigenvalue weighted by atomic mass is 10.2. The van der Waals surface area contributed by atoms with E-state index in [1.807, 2.05) is 19.1 Å². The summed E-state index contributed by atoms with van der Waals surface area (Å²) in [5, 5.41) is 13.1. The predicted molar refractivity (Wildman–Crippen MR) is 97.2 cm³/mol. The summed E-state index contributed by atoms with van der Waals surface area (Å²) in [5.41, 5.74) is 8.10. The van der Waals surface area contributed by atoms with Crippen LogP contribution < -0.4 is 16.0 Å². The van der Waals surface area contributed by atoms with Crippen molar-refractivity contribution in [3.05, 3.63) is 58.6 Å². The van der Waals surface area contributed by atoms with Crippen molar-refractivity contribution in [2.24, 2.45) is 0 Å². The molecule has 0 bridgehead atoms. The van der Waals surface area contributed by atoms with Crippen LogP contribution in [0.15, 0.2) is 48.5 Å². The highest BCUT2D eigenvalue weighted by atomic mass is 16.6. The fraction of sp³-hybridized carbons (Fsp3) is 0.235. The van der Waals surface area contributed by atoms with E-state index in [2.05, 4.69) is 5.32 Å². The molecule has 3 N–H and O–H groups in total. The number of benzene rings is 2.